The Kier molecular flexibility index (Phi) is 4.94. The molecular weight excluding hydrogens is 369 g/mol. The maximum Gasteiger partial charge on any atom is 0.416 e. The van der Waals surface area contributed by atoms with E-state index in [0.717, 1.165) is 12.1 Å². The van der Waals surface area contributed by atoms with Crippen molar-refractivity contribution in [2.24, 2.45) is 0 Å². The van der Waals surface area contributed by atoms with Crippen LogP contribution in [0, 0.1) is 10.1 Å². The Morgan fingerprint density at radius 1 is 1.22 bits per heavy atom. The highest BCUT2D eigenvalue weighted by molar-refractivity contribution is 5.91. The number of amides is 2. The van der Waals surface area contributed by atoms with Gasteiger partial charge in [-0.3, -0.25) is 19.7 Å². The zero-order valence-electron chi connectivity index (χ0n) is 14.2. The van der Waals surface area contributed by atoms with E-state index in [0.29, 0.717) is 18.9 Å². The number of hydrogen-bond donors (Lipinski definition) is 1. The maximum absolute atomic E-state index is 12.8. The molecule has 0 aromatic heterocycles. The molecule has 0 saturated carbocycles. The SMILES string of the molecule is O=C1CC[C@@H](C(=O)N2CCN(c3ccc(C(F)(F)F)cc3[N+](=O)[O-])CC2)N1. The highest BCUT2D eigenvalue weighted by Gasteiger charge is 2.35. The lowest BCUT2D eigenvalue weighted by atomic mass is 10.1. The Bertz CT molecular complexity index is 775. The van der Waals surface area contributed by atoms with Crippen molar-refractivity contribution in [1.29, 1.82) is 0 Å². The van der Waals surface area contributed by atoms with Crippen molar-refractivity contribution in [1.82, 2.24) is 10.2 Å². The summed E-state index contributed by atoms with van der Waals surface area (Å²) >= 11 is 0. The van der Waals surface area contributed by atoms with Gasteiger partial charge in [-0.1, -0.05) is 0 Å². The summed E-state index contributed by atoms with van der Waals surface area (Å²) in [4.78, 5) is 37.2. The van der Waals surface area contributed by atoms with E-state index in [1.807, 2.05) is 0 Å². The van der Waals surface area contributed by atoms with Gasteiger partial charge in [-0.2, -0.15) is 13.2 Å². The molecule has 1 aromatic rings. The summed E-state index contributed by atoms with van der Waals surface area (Å²) in [7, 11) is 0. The minimum Gasteiger partial charge on any atom is -0.362 e. The fourth-order valence-electron chi connectivity index (χ4n) is 3.30. The van der Waals surface area contributed by atoms with Crippen LogP contribution in [0.3, 0.4) is 0 Å². The molecular formula is C16H17F3N4O4. The molecule has 2 fully saturated rings. The second-order valence-corrected chi connectivity index (χ2v) is 6.43. The molecule has 1 N–H and O–H groups in total. The van der Waals surface area contributed by atoms with Crippen molar-refractivity contribution in [2.45, 2.75) is 25.1 Å². The minimum absolute atomic E-state index is 0.0919. The molecule has 1 aromatic carbocycles. The number of nitrogens with zero attached hydrogens (tertiary/aromatic N) is 3. The van der Waals surface area contributed by atoms with Crippen LogP contribution >= 0.6 is 0 Å². The standard InChI is InChI=1S/C16H17F3N4O4/c17-16(18,19)10-1-3-12(13(9-10)23(26)27)21-5-7-22(8-6-21)15(25)11-2-4-14(24)20-11/h1,3,9,11H,2,4-8H2,(H,20,24)/t11-/m0/s1. The molecule has 2 amide bonds. The average molecular weight is 386 g/mol. The molecule has 0 radical (unpaired) electrons. The molecule has 2 aliphatic heterocycles. The number of benzene rings is 1. The van der Waals surface area contributed by atoms with Crippen LogP contribution in [0.1, 0.15) is 18.4 Å². The topological polar surface area (TPSA) is 95.8 Å². The minimum atomic E-state index is -4.67. The molecule has 11 heteroatoms. The number of rotatable bonds is 3. The van der Waals surface area contributed by atoms with Crippen LogP contribution in [0.25, 0.3) is 0 Å². The van der Waals surface area contributed by atoms with Gasteiger partial charge in [0.1, 0.15) is 11.7 Å². The molecule has 0 bridgehead atoms. The zero-order valence-corrected chi connectivity index (χ0v) is 14.2. The van der Waals surface area contributed by atoms with E-state index in [1.165, 1.54) is 0 Å². The summed E-state index contributed by atoms with van der Waals surface area (Å²) in [5.41, 5.74) is -1.61. The van der Waals surface area contributed by atoms with Gasteiger partial charge in [-0.05, 0) is 18.6 Å². The smallest absolute Gasteiger partial charge is 0.362 e. The summed E-state index contributed by atoms with van der Waals surface area (Å²) in [6.45, 7) is 1.03. The number of anilines is 1. The Hall–Kier alpha value is -2.85. The normalized spacial score (nSPS) is 20.6. The fraction of sp³-hybridized carbons (Fsp3) is 0.500. The Balaban J connectivity index is 1.71. The summed E-state index contributed by atoms with van der Waals surface area (Å²) in [6, 6.07) is 1.88. The van der Waals surface area contributed by atoms with E-state index >= 15 is 0 Å². The van der Waals surface area contributed by atoms with Gasteiger partial charge < -0.3 is 15.1 Å². The largest absolute Gasteiger partial charge is 0.416 e. The van der Waals surface area contributed by atoms with Gasteiger partial charge in [-0.25, -0.2) is 0 Å². The highest BCUT2D eigenvalue weighted by Crippen LogP contribution is 2.36. The molecule has 8 nitrogen and oxygen atoms in total. The number of halogens is 3. The predicted molar refractivity (Wildman–Crippen MR) is 88.1 cm³/mol. The number of carbonyl (C=O) groups excluding carboxylic acids is 2. The van der Waals surface area contributed by atoms with Crippen molar-refractivity contribution in [3.8, 4) is 0 Å². The van der Waals surface area contributed by atoms with Crippen LogP contribution in [-0.2, 0) is 15.8 Å². The molecule has 2 heterocycles. The number of piperazine rings is 1. The van der Waals surface area contributed by atoms with Crippen molar-refractivity contribution in [2.75, 3.05) is 31.1 Å². The number of nitro groups is 1. The van der Waals surface area contributed by atoms with E-state index in [1.54, 1.807) is 9.80 Å². The molecule has 1 atom stereocenters. The first kappa shape index (κ1) is 18.9. The van der Waals surface area contributed by atoms with Crippen LogP contribution < -0.4 is 10.2 Å². The first-order valence-electron chi connectivity index (χ1n) is 8.35. The summed E-state index contributed by atoms with van der Waals surface area (Å²) < 4.78 is 38.4. The number of nitro benzene ring substituents is 1. The number of alkyl halides is 3. The van der Waals surface area contributed by atoms with Gasteiger partial charge in [0.05, 0.1) is 10.5 Å². The van der Waals surface area contributed by atoms with Crippen LogP contribution in [0.15, 0.2) is 18.2 Å². The third-order valence-electron chi connectivity index (χ3n) is 4.72. The van der Waals surface area contributed by atoms with Crippen molar-refractivity contribution >= 4 is 23.2 Å². The first-order valence-corrected chi connectivity index (χ1v) is 8.35. The quantitative estimate of drug-likeness (QED) is 0.628. The molecule has 2 saturated heterocycles. The Labute approximate surface area is 152 Å². The Morgan fingerprint density at radius 3 is 2.41 bits per heavy atom. The van der Waals surface area contributed by atoms with Gasteiger partial charge in [0.25, 0.3) is 5.69 Å². The van der Waals surface area contributed by atoms with Crippen molar-refractivity contribution in [3.05, 3.63) is 33.9 Å². The van der Waals surface area contributed by atoms with Gasteiger partial charge in [-0.15, -0.1) is 0 Å². The fourth-order valence-corrected chi connectivity index (χ4v) is 3.30. The van der Waals surface area contributed by atoms with Gasteiger partial charge in [0.15, 0.2) is 0 Å². The van der Waals surface area contributed by atoms with Crippen LogP contribution in [0.2, 0.25) is 0 Å². The van der Waals surface area contributed by atoms with E-state index in [-0.39, 0.29) is 43.7 Å². The van der Waals surface area contributed by atoms with Crippen molar-refractivity contribution in [3.63, 3.8) is 0 Å². The summed E-state index contributed by atoms with van der Waals surface area (Å²) in [6.07, 6.45) is -3.93. The second kappa shape index (κ2) is 7.05. The molecule has 0 aliphatic carbocycles. The van der Waals surface area contributed by atoms with Crippen LogP contribution in [0.4, 0.5) is 24.5 Å². The van der Waals surface area contributed by atoms with E-state index in [9.17, 15) is 32.9 Å². The number of hydrogen-bond acceptors (Lipinski definition) is 5. The molecule has 0 unspecified atom stereocenters. The zero-order chi connectivity index (χ0) is 19.8. The van der Waals surface area contributed by atoms with E-state index < -0.39 is 28.4 Å². The van der Waals surface area contributed by atoms with E-state index in [4.69, 9.17) is 0 Å². The molecule has 2 aliphatic rings. The molecule has 0 spiro atoms. The Morgan fingerprint density at radius 2 is 1.89 bits per heavy atom. The number of carbonyl (C=O) groups is 2. The average Bonchev–Trinajstić information content (AvgIpc) is 3.06. The monoisotopic (exact) mass is 386 g/mol. The summed E-state index contributed by atoms with van der Waals surface area (Å²) in [5, 5.41) is 13.8. The predicted octanol–water partition coefficient (Wildman–Crippen LogP) is 1.54. The summed E-state index contributed by atoms with van der Waals surface area (Å²) in [5.74, 6) is -0.380. The van der Waals surface area contributed by atoms with E-state index in [2.05, 4.69) is 5.32 Å². The lowest BCUT2D eigenvalue weighted by Gasteiger charge is -2.36. The first-order chi connectivity index (χ1) is 12.7. The second-order valence-electron chi connectivity index (χ2n) is 6.43. The van der Waals surface area contributed by atoms with Crippen LogP contribution in [0.5, 0.6) is 0 Å². The van der Waals surface area contributed by atoms with Gasteiger partial charge in [0.2, 0.25) is 11.8 Å². The van der Waals surface area contributed by atoms with Crippen molar-refractivity contribution < 1.29 is 27.7 Å². The highest BCUT2D eigenvalue weighted by atomic mass is 19.4. The van der Waals surface area contributed by atoms with Gasteiger partial charge in [0, 0.05) is 38.7 Å². The third kappa shape index (κ3) is 3.96. The maximum atomic E-state index is 12.8. The van der Waals surface area contributed by atoms with Crippen LogP contribution in [-0.4, -0.2) is 53.9 Å². The third-order valence-corrected chi connectivity index (χ3v) is 4.72. The van der Waals surface area contributed by atoms with Gasteiger partial charge >= 0.3 is 6.18 Å². The number of nitrogens with one attached hydrogen (secondary N) is 1. The molecule has 3 rings (SSSR count). The lowest BCUT2D eigenvalue weighted by molar-refractivity contribution is -0.384. The lowest BCUT2D eigenvalue weighted by Crippen LogP contribution is -2.53. The molecule has 27 heavy (non-hydrogen) atoms. The molecule has 146 valence electrons.